The van der Waals surface area contributed by atoms with Gasteiger partial charge in [-0.3, -0.25) is 19.2 Å². The van der Waals surface area contributed by atoms with E-state index >= 15 is 0 Å². The Morgan fingerprint density at radius 2 is 1.89 bits per heavy atom. The summed E-state index contributed by atoms with van der Waals surface area (Å²) in [6, 6.07) is 1.85. The van der Waals surface area contributed by atoms with Gasteiger partial charge in [-0.2, -0.15) is 5.10 Å². The summed E-state index contributed by atoms with van der Waals surface area (Å²) in [5, 5.41) is 22.7. The lowest BCUT2D eigenvalue weighted by molar-refractivity contribution is -0.151. The second-order valence-electron chi connectivity index (χ2n) is 5.54. The monoisotopic (exact) mass is 265 g/mol. The Labute approximate surface area is 109 Å². The van der Waals surface area contributed by atoms with Crippen LogP contribution in [0.1, 0.15) is 12.1 Å². The Balaban J connectivity index is 1.81. The van der Waals surface area contributed by atoms with Crippen LogP contribution in [0.15, 0.2) is 12.3 Å². The molecule has 2 fully saturated rings. The van der Waals surface area contributed by atoms with Gasteiger partial charge in [-0.05, 0) is 12.5 Å². The molecule has 1 aromatic rings. The summed E-state index contributed by atoms with van der Waals surface area (Å²) >= 11 is 0. The maximum Gasteiger partial charge on any atom is 0.312 e. The zero-order valence-electron chi connectivity index (χ0n) is 10.5. The molecule has 1 aliphatic carbocycles. The molecule has 1 saturated heterocycles. The first-order valence-electron chi connectivity index (χ1n) is 6.07. The van der Waals surface area contributed by atoms with Crippen LogP contribution in [-0.4, -0.2) is 49.9 Å². The molecule has 0 unspecified atom stereocenters. The second-order valence-corrected chi connectivity index (χ2v) is 5.54. The van der Waals surface area contributed by atoms with Crippen molar-refractivity contribution in [3.8, 4) is 0 Å². The van der Waals surface area contributed by atoms with E-state index in [4.69, 9.17) is 0 Å². The van der Waals surface area contributed by atoms with Gasteiger partial charge in [0.05, 0.1) is 16.5 Å². The Morgan fingerprint density at radius 3 is 2.32 bits per heavy atom. The number of hydrogen-bond donors (Lipinski definition) is 2. The maximum absolute atomic E-state index is 11.4. The standard InChI is InChI=1S/C12H15N3O4/c1-14-8(2-3-13-14)4-15-6-11(9(16)17)5-12(11,7-15)10(18)19/h2-3H,4-7H2,1H3,(H,16,17)(H,18,19)/t11-,12+. The van der Waals surface area contributed by atoms with Gasteiger partial charge in [0.1, 0.15) is 0 Å². The highest BCUT2D eigenvalue weighted by atomic mass is 16.4. The molecule has 7 nitrogen and oxygen atoms in total. The first kappa shape index (κ1) is 12.2. The first-order valence-corrected chi connectivity index (χ1v) is 6.07. The summed E-state index contributed by atoms with van der Waals surface area (Å²) in [5.74, 6) is -2.00. The SMILES string of the molecule is Cn1nccc1CN1C[C@@]2(C(=O)O)C[C@@]2(C(=O)O)C1. The number of aliphatic carboxylic acids is 2. The quantitative estimate of drug-likeness (QED) is 0.781. The van der Waals surface area contributed by atoms with Gasteiger partial charge in [-0.25, -0.2) is 0 Å². The summed E-state index contributed by atoms with van der Waals surface area (Å²) in [6.07, 6.45) is 1.92. The zero-order chi connectivity index (χ0) is 13.8. The minimum absolute atomic E-state index is 0.243. The molecule has 2 atom stereocenters. The van der Waals surface area contributed by atoms with Gasteiger partial charge >= 0.3 is 11.9 Å². The highest BCUT2D eigenvalue weighted by Crippen LogP contribution is 2.68. The van der Waals surface area contributed by atoms with Gasteiger partial charge < -0.3 is 10.2 Å². The molecule has 1 aromatic heterocycles. The Bertz CT molecular complexity index is 541. The van der Waals surface area contributed by atoms with Crippen molar-refractivity contribution in [2.75, 3.05) is 13.1 Å². The summed E-state index contributed by atoms with van der Waals surface area (Å²) in [6.45, 7) is 1.11. The number of hydrogen-bond acceptors (Lipinski definition) is 4. The molecule has 2 aliphatic rings. The predicted octanol–water partition coefficient (Wildman–Crippen LogP) is -0.219. The number of aryl methyl sites for hydroxylation is 1. The minimum Gasteiger partial charge on any atom is -0.481 e. The van der Waals surface area contributed by atoms with Gasteiger partial charge in [0.15, 0.2) is 0 Å². The molecular weight excluding hydrogens is 250 g/mol. The fraction of sp³-hybridized carbons (Fsp3) is 0.583. The van der Waals surface area contributed by atoms with E-state index in [0.717, 1.165) is 5.69 Å². The van der Waals surface area contributed by atoms with Gasteiger partial charge in [0, 0.05) is 32.9 Å². The molecule has 2 heterocycles. The van der Waals surface area contributed by atoms with Crippen molar-refractivity contribution in [1.82, 2.24) is 14.7 Å². The van der Waals surface area contributed by atoms with Crippen LogP contribution < -0.4 is 0 Å². The van der Waals surface area contributed by atoms with Gasteiger partial charge in [0.2, 0.25) is 0 Å². The average Bonchev–Trinajstić information content (AvgIpc) is 2.63. The maximum atomic E-state index is 11.4. The predicted molar refractivity (Wildman–Crippen MR) is 63.2 cm³/mol. The van der Waals surface area contributed by atoms with Crippen molar-refractivity contribution in [2.24, 2.45) is 17.9 Å². The van der Waals surface area contributed by atoms with Crippen LogP contribution in [0.5, 0.6) is 0 Å². The van der Waals surface area contributed by atoms with Crippen molar-refractivity contribution in [3.05, 3.63) is 18.0 Å². The molecule has 0 radical (unpaired) electrons. The van der Waals surface area contributed by atoms with E-state index in [1.54, 1.807) is 10.9 Å². The second kappa shape index (κ2) is 3.57. The number of rotatable bonds is 4. The summed E-state index contributed by atoms with van der Waals surface area (Å²) in [4.78, 5) is 24.7. The van der Waals surface area contributed by atoms with Crippen molar-refractivity contribution in [1.29, 1.82) is 0 Å². The summed E-state index contributed by atoms with van der Waals surface area (Å²) in [5.41, 5.74) is -1.25. The average molecular weight is 265 g/mol. The fourth-order valence-electron chi connectivity index (χ4n) is 3.30. The topological polar surface area (TPSA) is 95.7 Å². The van der Waals surface area contributed by atoms with E-state index < -0.39 is 22.8 Å². The number of nitrogens with zero attached hydrogens (tertiary/aromatic N) is 3. The van der Waals surface area contributed by atoms with E-state index in [9.17, 15) is 19.8 Å². The van der Waals surface area contributed by atoms with Crippen LogP contribution in [0.2, 0.25) is 0 Å². The van der Waals surface area contributed by atoms with Crippen molar-refractivity contribution >= 4 is 11.9 Å². The Hall–Kier alpha value is -1.89. The van der Waals surface area contributed by atoms with E-state index in [2.05, 4.69) is 5.10 Å². The number of carboxylic acid groups (broad SMARTS) is 2. The lowest BCUT2D eigenvalue weighted by Gasteiger charge is -2.19. The smallest absolute Gasteiger partial charge is 0.312 e. The molecule has 1 saturated carbocycles. The molecule has 19 heavy (non-hydrogen) atoms. The molecule has 0 spiro atoms. The van der Waals surface area contributed by atoms with Crippen LogP contribution in [0.25, 0.3) is 0 Å². The zero-order valence-corrected chi connectivity index (χ0v) is 10.5. The summed E-state index contributed by atoms with van der Waals surface area (Å²) < 4.78 is 1.71. The van der Waals surface area contributed by atoms with Crippen LogP contribution in [-0.2, 0) is 23.2 Å². The molecule has 3 rings (SSSR count). The van der Waals surface area contributed by atoms with E-state index in [1.165, 1.54) is 0 Å². The van der Waals surface area contributed by atoms with E-state index in [0.29, 0.717) is 19.6 Å². The lowest BCUT2D eigenvalue weighted by Crippen LogP contribution is -2.29. The van der Waals surface area contributed by atoms with Crippen molar-refractivity contribution in [2.45, 2.75) is 13.0 Å². The van der Waals surface area contributed by atoms with Crippen LogP contribution in [0.3, 0.4) is 0 Å². The number of likely N-dealkylation sites (tertiary alicyclic amines) is 1. The Morgan fingerprint density at radius 1 is 1.32 bits per heavy atom. The van der Waals surface area contributed by atoms with E-state index in [-0.39, 0.29) is 6.42 Å². The third-order valence-electron chi connectivity index (χ3n) is 4.51. The van der Waals surface area contributed by atoms with Crippen LogP contribution >= 0.6 is 0 Å². The number of carboxylic acids is 2. The molecule has 7 heteroatoms. The molecular formula is C12H15N3O4. The molecule has 0 amide bonds. The van der Waals surface area contributed by atoms with Crippen molar-refractivity contribution in [3.63, 3.8) is 0 Å². The number of fused-ring (bicyclic) bond motifs is 1. The number of piperidine rings is 1. The molecule has 0 aromatic carbocycles. The third kappa shape index (κ3) is 1.45. The van der Waals surface area contributed by atoms with Gasteiger partial charge in [0.25, 0.3) is 0 Å². The molecule has 1 aliphatic heterocycles. The largest absolute Gasteiger partial charge is 0.481 e. The van der Waals surface area contributed by atoms with E-state index in [1.807, 2.05) is 18.0 Å². The van der Waals surface area contributed by atoms with Gasteiger partial charge in [-0.1, -0.05) is 0 Å². The van der Waals surface area contributed by atoms with Gasteiger partial charge in [-0.15, -0.1) is 0 Å². The van der Waals surface area contributed by atoms with Crippen LogP contribution in [0.4, 0.5) is 0 Å². The molecule has 102 valence electrons. The highest BCUT2D eigenvalue weighted by molar-refractivity contribution is 5.94. The number of aromatic nitrogens is 2. The fourth-order valence-corrected chi connectivity index (χ4v) is 3.30. The lowest BCUT2D eigenvalue weighted by atomic mass is 9.97. The first-order chi connectivity index (χ1) is 8.91. The van der Waals surface area contributed by atoms with Crippen LogP contribution in [0, 0.1) is 10.8 Å². The summed E-state index contributed by atoms with van der Waals surface area (Å²) in [7, 11) is 1.81. The minimum atomic E-state index is -1.10. The normalized spacial score (nSPS) is 33.1. The molecule has 0 bridgehead atoms. The Kier molecular flexibility index (Phi) is 2.28. The van der Waals surface area contributed by atoms with Crippen molar-refractivity contribution < 1.29 is 19.8 Å². The molecule has 2 N–H and O–H groups in total. The highest BCUT2D eigenvalue weighted by Gasteiger charge is 2.80. The number of carbonyl (C=O) groups is 2. The third-order valence-corrected chi connectivity index (χ3v) is 4.51.